The fourth-order valence-electron chi connectivity index (χ4n) is 6.54. The summed E-state index contributed by atoms with van der Waals surface area (Å²) in [5, 5.41) is 2.52. The van der Waals surface area contributed by atoms with E-state index in [1.165, 1.54) is 49.0 Å². The molecular formula is C42H31N3S. The van der Waals surface area contributed by atoms with E-state index in [1.54, 1.807) is 11.8 Å². The van der Waals surface area contributed by atoms with Gasteiger partial charge < -0.3 is 4.57 Å². The number of para-hydroxylation sites is 2. The van der Waals surface area contributed by atoms with Gasteiger partial charge in [-0.25, -0.2) is 0 Å². The van der Waals surface area contributed by atoms with E-state index >= 15 is 0 Å². The molecule has 0 atom stereocenters. The lowest BCUT2D eigenvalue weighted by atomic mass is 9.98. The van der Waals surface area contributed by atoms with E-state index in [9.17, 15) is 0 Å². The van der Waals surface area contributed by atoms with Crippen LogP contribution in [-0.2, 0) is 6.54 Å². The van der Waals surface area contributed by atoms with E-state index in [0.29, 0.717) is 6.54 Å². The van der Waals surface area contributed by atoms with Crippen LogP contribution >= 0.6 is 11.8 Å². The molecule has 1 aliphatic heterocycles. The third-order valence-electron chi connectivity index (χ3n) is 8.58. The van der Waals surface area contributed by atoms with E-state index < -0.39 is 0 Å². The standard InChI is InChI=1S/C42H31N3S/c1-28-24-31(26-32(25-28)45-37-22-11-9-18-34(37)35-19-10-12-23-38(35)45)33-20-13-21-36-40(44-27-29-14-5-3-6-15-29)42(46-41(33)36)39(43-2)30-16-7-4-8-17-30/h3-26H,2,27H2,1H3/b42-39+,44-40?. The summed E-state index contributed by atoms with van der Waals surface area (Å²) in [6.45, 7) is 6.77. The van der Waals surface area contributed by atoms with Gasteiger partial charge in [0.2, 0.25) is 0 Å². The number of thioether (sulfide) groups is 1. The summed E-state index contributed by atoms with van der Waals surface area (Å²) < 4.78 is 2.39. The molecule has 0 saturated heterocycles. The Balaban J connectivity index is 1.32. The summed E-state index contributed by atoms with van der Waals surface area (Å²) in [7, 11) is 0. The van der Waals surface area contributed by atoms with Gasteiger partial charge in [-0.3, -0.25) is 9.98 Å². The van der Waals surface area contributed by atoms with Gasteiger partial charge in [-0.05, 0) is 60.2 Å². The fourth-order valence-corrected chi connectivity index (χ4v) is 7.87. The van der Waals surface area contributed by atoms with Gasteiger partial charge in [0.1, 0.15) is 0 Å². The highest BCUT2D eigenvalue weighted by atomic mass is 32.2. The monoisotopic (exact) mass is 609 g/mol. The van der Waals surface area contributed by atoms with Crippen molar-refractivity contribution in [3.63, 3.8) is 0 Å². The predicted octanol–water partition coefficient (Wildman–Crippen LogP) is 10.9. The molecule has 7 aromatic rings. The Morgan fingerprint density at radius 1 is 0.674 bits per heavy atom. The fraction of sp³-hybridized carbons (Fsp3) is 0.0476. The van der Waals surface area contributed by atoms with E-state index in [1.807, 2.05) is 24.3 Å². The van der Waals surface area contributed by atoms with Crippen LogP contribution in [0.3, 0.4) is 0 Å². The number of fused-ring (bicyclic) bond motifs is 4. The van der Waals surface area contributed by atoms with Crippen molar-refractivity contribution in [2.75, 3.05) is 0 Å². The zero-order chi connectivity index (χ0) is 31.0. The van der Waals surface area contributed by atoms with Crippen LogP contribution in [0, 0.1) is 6.92 Å². The maximum atomic E-state index is 5.24. The highest BCUT2D eigenvalue weighted by Gasteiger charge is 2.30. The Hall–Kier alpha value is -5.45. The normalized spacial score (nSPS) is 14.6. The molecule has 2 heterocycles. The van der Waals surface area contributed by atoms with Crippen LogP contribution in [0.25, 0.3) is 44.3 Å². The molecular weight excluding hydrogens is 579 g/mol. The number of rotatable bonds is 6. The quantitative estimate of drug-likeness (QED) is 0.173. The molecule has 0 unspecified atom stereocenters. The molecule has 1 aliphatic rings. The van der Waals surface area contributed by atoms with E-state index in [0.717, 1.165) is 33.1 Å². The number of aromatic nitrogens is 1. The minimum absolute atomic E-state index is 0.589. The number of nitrogens with zero attached hydrogens (tertiary/aromatic N) is 3. The van der Waals surface area contributed by atoms with Gasteiger partial charge in [-0.1, -0.05) is 133 Å². The van der Waals surface area contributed by atoms with Crippen LogP contribution in [0.4, 0.5) is 0 Å². The summed E-state index contributed by atoms with van der Waals surface area (Å²) in [5.74, 6) is 0. The van der Waals surface area contributed by atoms with Gasteiger partial charge in [0.05, 0.1) is 33.9 Å². The van der Waals surface area contributed by atoms with Crippen molar-refractivity contribution in [2.24, 2.45) is 9.98 Å². The lowest BCUT2D eigenvalue weighted by Gasteiger charge is -2.14. The molecule has 0 N–H and O–H groups in total. The molecule has 220 valence electrons. The topological polar surface area (TPSA) is 29.6 Å². The van der Waals surface area contributed by atoms with Gasteiger partial charge in [0.25, 0.3) is 0 Å². The van der Waals surface area contributed by atoms with E-state index in [-0.39, 0.29) is 0 Å². The number of benzene rings is 6. The third-order valence-corrected chi connectivity index (χ3v) is 9.82. The maximum Gasteiger partial charge on any atom is 0.0856 e. The average molecular weight is 610 g/mol. The number of aliphatic imine (C=N–C) groups is 2. The molecule has 0 fully saturated rings. The molecule has 3 nitrogen and oxygen atoms in total. The average Bonchev–Trinajstić information content (AvgIpc) is 3.64. The third kappa shape index (κ3) is 4.88. The zero-order valence-electron chi connectivity index (χ0n) is 25.5. The van der Waals surface area contributed by atoms with Crippen molar-refractivity contribution in [3.05, 3.63) is 173 Å². The number of hydrogen-bond donors (Lipinski definition) is 0. The molecule has 0 aliphatic carbocycles. The van der Waals surface area contributed by atoms with Crippen LogP contribution in [0.1, 0.15) is 22.3 Å². The Bertz CT molecular complexity index is 2280. The highest BCUT2D eigenvalue weighted by Crippen LogP contribution is 2.49. The number of aryl methyl sites for hydroxylation is 1. The first-order valence-electron chi connectivity index (χ1n) is 15.5. The van der Waals surface area contributed by atoms with Crippen molar-refractivity contribution in [3.8, 4) is 16.8 Å². The summed E-state index contributed by atoms with van der Waals surface area (Å²) in [6.07, 6.45) is 0. The van der Waals surface area contributed by atoms with Crippen LogP contribution in [-0.4, -0.2) is 17.0 Å². The SMILES string of the molecule is C=N/C(=C1/Sc2c(cccc2-c2cc(C)cc(-n3c4ccccc4c4ccccc43)c2)C1=NCc1ccccc1)c1ccccc1. The molecule has 8 rings (SSSR count). The van der Waals surface area contributed by atoms with Crippen molar-refractivity contribution in [2.45, 2.75) is 18.4 Å². The Morgan fingerprint density at radius 2 is 1.30 bits per heavy atom. The van der Waals surface area contributed by atoms with Gasteiger partial charge in [0, 0.05) is 32.5 Å². The molecule has 6 aromatic carbocycles. The summed E-state index contributed by atoms with van der Waals surface area (Å²) in [4.78, 5) is 12.0. The Morgan fingerprint density at radius 3 is 2.00 bits per heavy atom. The van der Waals surface area contributed by atoms with Crippen LogP contribution < -0.4 is 0 Å². The van der Waals surface area contributed by atoms with Crippen molar-refractivity contribution >= 4 is 51.7 Å². The number of hydrogen-bond acceptors (Lipinski definition) is 3. The predicted molar refractivity (Wildman–Crippen MR) is 196 cm³/mol. The zero-order valence-corrected chi connectivity index (χ0v) is 26.3. The lowest BCUT2D eigenvalue weighted by Crippen LogP contribution is -2.01. The van der Waals surface area contributed by atoms with Crippen LogP contribution in [0.15, 0.2) is 165 Å². The lowest BCUT2D eigenvalue weighted by molar-refractivity contribution is 1.07. The summed E-state index contributed by atoms with van der Waals surface area (Å²) >= 11 is 1.75. The van der Waals surface area contributed by atoms with Crippen molar-refractivity contribution < 1.29 is 0 Å². The first-order valence-corrected chi connectivity index (χ1v) is 16.3. The highest BCUT2D eigenvalue weighted by molar-refractivity contribution is 8.05. The van der Waals surface area contributed by atoms with Gasteiger partial charge in [-0.15, -0.1) is 0 Å². The van der Waals surface area contributed by atoms with Crippen LogP contribution in [0.5, 0.6) is 0 Å². The van der Waals surface area contributed by atoms with E-state index in [4.69, 9.17) is 4.99 Å². The minimum atomic E-state index is 0.589. The van der Waals surface area contributed by atoms with Gasteiger partial charge in [0.15, 0.2) is 0 Å². The Kier molecular flexibility index (Phi) is 7.20. The maximum absolute atomic E-state index is 5.24. The molecule has 0 radical (unpaired) electrons. The van der Waals surface area contributed by atoms with Gasteiger partial charge >= 0.3 is 0 Å². The second-order valence-electron chi connectivity index (χ2n) is 11.6. The van der Waals surface area contributed by atoms with Crippen molar-refractivity contribution in [1.29, 1.82) is 0 Å². The molecule has 0 spiro atoms. The summed E-state index contributed by atoms with van der Waals surface area (Å²) in [5.41, 5.74) is 12.3. The molecule has 4 heteroatoms. The molecule has 0 saturated carbocycles. The van der Waals surface area contributed by atoms with Crippen molar-refractivity contribution in [1.82, 2.24) is 4.57 Å². The molecule has 1 aromatic heterocycles. The first kappa shape index (κ1) is 28.1. The smallest absolute Gasteiger partial charge is 0.0856 e. The molecule has 0 amide bonds. The van der Waals surface area contributed by atoms with Crippen LogP contribution in [0.2, 0.25) is 0 Å². The molecule has 0 bridgehead atoms. The summed E-state index contributed by atoms with van der Waals surface area (Å²) in [6, 6.07) is 51.6. The Labute approximate surface area is 273 Å². The van der Waals surface area contributed by atoms with E-state index in [2.05, 4.69) is 145 Å². The number of allylic oxidation sites excluding steroid dienone is 1. The second-order valence-corrected chi connectivity index (χ2v) is 12.6. The van der Waals surface area contributed by atoms with Gasteiger partial charge in [-0.2, -0.15) is 0 Å². The second kappa shape index (κ2) is 11.8. The minimum Gasteiger partial charge on any atom is -0.309 e. The molecule has 46 heavy (non-hydrogen) atoms. The first-order chi connectivity index (χ1) is 22.7. The largest absolute Gasteiger partial charge is 0.309 e.